The van der Waals surface area contributed by atoms with E-state index in [9.17, 15) is 24.3 Å². The minimum atomic E-state index is -1.16. The van der Waals surface area contributed by atoms with Crippen LogP contribution in [0.15, 0.2) is 11.1 Å². The van der Waals surface area contributed by atoms with E-state index in [1.807, 2.05) is 0 Å². The van der Waals surface area contributed by atoms with E-state index in [0.717, 1.165) is 70.0 Å². The molecule has 0 aromatic rings. The van der Waals surface area contributed by atoms with Crippen LogP contribution < -0.4 is 16.0 Å². The molecular weight excluding hydrogens is 606 g/mol. The van der Waals surface area contributed by atoms with E-state index in [-0.39, 0.29) is 63.9 Å². The lowest BCUT2D eigenvalue weighted by Crippen LogP contribution is -2.68. The van der Waals surface area contributed by atoms with Crippen LogP contribution in [0.3, 0.4) is 0 Å². The Morgan fingerprint density at radius 2 is 1.62 bits per heavy atom. The number of allylic oxidation sites excluding steroid dienone is 1. The van der Waals surface area contributed by atoms with Crippen LogP contribution in [-0.4, -0.2) is 59.6 Å². The summed E-state index contributed by atoms with van der Waals surface area (Å²) in [5.74, 6) is 0.00141. The number of ketones is 1. The van der Waals surface area contributed by atoms with E-state index in [1.54, 1.807) is 13.8 Å². The third kappa shape index (κ3) is 5.17. The second-order valence-corrected chi connectivity index (χ2v) is 18.9. The number of carboxylic acid groups (broad SMARTS) is 1. The van der Waals surface area contributed by atoms with Gasteiger partial charge < -0.3 is 25.8 Å². The van der Waals surface area contributed by atoms with E-state index in [2.05, 4.69) is 64.4 Å². The number of amides is 2. The Morgan fingerprint density at radius 1 is 0.938 bits per heavy atom. The second-order valence-electron chi connectivity index (χ2n) is 18.9. The summed E-state index contributed by atoms with van der Waals surface area (Å²) in [4.78, 5) is 51.9. The van der Waals surface area contributed by atoms with Gasteiger partial charge in [0.1, 0.15) is 6.10 Å². The van der Waals surface area contributed by atoms with Crippen molar-refractivity contribution in [2.75, 3.05) is 13.1 Å². The lowest BCUT2D eigenvalue weighted by Gasteiger charge is -2.72. The van der Waals surface area contributed by atoms with Gasteiger partial charge >= 0.3 is 18.0 Å². The Morgan fingerprint density at radius 3 is 2.23 bits per heavy atom. The first-order valence-corrected chi connectivity index (χ1v) is 18.7. The van der Waals surface area contributed by atoms with Crippen LogP contribution in [0.1, 0.15) is 127 Å². The normalized spacial score (nSPS) is 40.6. The van der Waals surface area contributed by atoms with Crippen molar-refractivity contribution in [3.05, 3.63) is 11.1 Å². The van der Waals surface area contributed by atoms with Gasteiger partial charge in [-0.15, -0.1) is 0 Å². The van der Waals surface area contributed by atoms with Gasteiger partial charge in [0.15, 0.2) is 5.78 Å². The predicted octanol–water partition coefficient (Wildman–Crippen LogP) is 6.40. The van der Waals surface area contributed by atoms with E-state index in [1.165, 1.54) is 5.57 Å². The third-order valence-electron chi connectivity index (χ3n) is 15.3. The fraction of sp³-hybridized carbons (Fsp3) is 0.846. The quantitative estimate of drug-likeness (QED) is 0.231. The summed E-state index contributed by atoms with van der Waals surface area (Å²) in [6, 6.07) is -0.0198. The molecule has 48 heavy (non-hydrogen) atoms. The van der Waals surface area contributed by atoms with Crippen molar-refractivity contribution in [3.8, 4) is 0 Å². The lowest BCUT2D eigenvalue weighted by atomic mass is 9.33. The molecule has 0 spiro atoms. The molecule has 5 fully saturated rings. The molecule has 268 valence electrons. The third-order valence-corrected chi connectivity index (χ3v) is 15.3. The summed E-state index contributed by atoms with van der Waals surface area (Å²) < 4.78 is 6.14. The highest BCUT2D eigenvalue weighted by Crippen LogP contribution is 2.75. The Balaban J connectivity index is 1.28. The molecule has 5 aliphatic carbocycles. The molecule has 4 saturated carbocycles. The number of esters is 1. The molecule has 1 heterocycles. The lowest BCUT2D eigenvalue weighted by molar-refractivity contribution is -0.232. The van der Waals surface area contributed by atoms with Gasteiger partial charge in [0.2, 0.25) is 0 Å². The summed E-state index contributed by atoms with van der Waals surface area (Å²) in [5.41, 5.74) is 0.306. The maximum atomic E-state index is 13.8. The van der Waals surface area contributed by atoms with Crippen LogP contribution in [0.25, 0.3) is 0 Å². The number of nitrogens with one attached hydrogen (secondary N) is 3. The molecule has 0 unspecified atom stereocenters. The molecule has 2 amide bonds. The van der Waals surface area contributed by atoms with Gasteiger partial charge in [-0.2, -0.15) is 0 Å². The number of hydrogen-bond donors (Lipinski definition) is 4. The number of carbonyl (C=O) groups excluding carboxylic acids is 3. The number of ether oxygens (including phenoxy) is 1. The number of fused-ring (bicyclic) bond motifs is 7. The van der Waals surface area contributed by atoms with Crippen molar-refractivity contribution in [2.24, 2.45) is 50.7 Å². The average molecular weight is 668 g/mol. The summed E-state index contributed by atoms with van der Waals surface area (Å²) >= 11 is 0. The molecule has 9 nitrogen and oxygen atoms in total. The van der Waals surface area contributed by atoms with Crippen molar-refractivity contribution in [1.29, 1.82) is 0 Å². The maximum Gasteiger partial charge on any atom is 0.315 e. The highest BCUT2D eigenvalue weighted by Gasteiger charge is 2.70. The number of carbonyl (C=O) groups is 4. The summed E-state index contributed by atoms with van der Waals surface area (Å²) in [6.07, 6.45) is 7.72. The summed E-state index contributed by atoms with van der Waals surface area (Å²) in [6.45, 7) is 21.1. The van der Waals surface area contributed by atoms with Gasteiger partial charge in [0, 0.05) is 24.9 Å². The minimum Gasteiger partial charge on any atom is -0.481 e. The van der Waals surface area contributed by atoms with Crippen LogP contribution in [0.2, 0.25) is 0 Å². The fourth-order valence-corrected chi connectivity index (χ4v) is 12.4. The molecule has 6 rings (SSSR count). The van der Waals surface area contributed by atoms with Crippen LogP contribution >= 0.6 is 0 Å². The molecule has 0 bridgehead atoms. The highest BCUT2D eigenvalue weighted by molar-refractivity contribution is 6.02. The van der Waals surface area contributed by atoms with Crippen LogP contribution in [0, 0.1) is 50.7 Å². The Hall–Kier alpha value is -2.42. The summed E-state index contributed by atoms with van der Waals surface area (Å²) in [7, 11) is 0. The monoisotopic (exact) mass is 667 g/mol. The second kappa shape index (κ2) is 11.6. The number of rotatable bonds is 7. The van der Waals surface area contributed by atoms with E-state index in [4.69, 9.17) is 4.74 Å². The van der Waals surface area contributed by atoms with E-state index < -0.39 is 22.9 Å². The molecule has 6 aliphatic rings. The first kappa shape index (κ1) is 35.4. The van der Waals surface area contributed by atoms with E-state index in [0.29, 0.717) is 18.3 Å². The topological polar surface area (TPSA) is 134 Å². The largest absolute Gasteiger partial charge is 0.481 e. The molecule has 4 N–H and O–H groups in total. The average Bonchev–Trinajstić information content (AvgIpc) is 3.24. The molecule has 0 aromatic heterocycles. The zero-order valence-corrected chi connectivity index (χ0v) is 30.9. The van der Waals surface area contributed by atoms with Gasteiger partial charge in [0.05, 0.1) is 23.4 Å². The van der Waals surface area contributed by atoms with Gasteiger partial charge in [-0.05, 0) is 116 Å². The smallest absolute Gasteiger partial charge is 0.315 e. The van der Waals surface area contributed by atoms with Gasteiger partial charge in [0.25, 0.3) is 0 Å². The van der Waals surface area contributed by atoms with Gasteiger partial charge in [-0.1, -0.05) is 48.5 Å². The SMILES string of the molecule is CC(C)C1=C2[C@H]3CC[C@@H]4[C@@]5(C)CC[C@H](OC(=O)CC(C)(C)C(=O)O)C(C)(C)[C@@H]5CC[C@@]4(C)[C@]3(C)CC[C@@]2(NC(=O)NC2CNC2)CC1=O. The van der Waals surface area contributed by atoms with Gasteiger partial charge in [-0.3, -0.25) is 14.4 Å². The number of aliphatic carboxylic acids is 1. The first-order valence-electron chi connectivity index (χ1n) is 18.7. The minimum absolute atomic E-state index is 0.0145. The van der Waals surface area contributed by atoms with Crippen molar-refractivity contribution < 1.29 is 29.0 Å². The van der Waals surface area contributed by atoms with Crippen molar-refractivity contribution in [3.63, 3.8) is 0 Å². The fourth-order valence-electron chi connectivity index (χ4n) is 12.4. The van der Waals surface area contributed by atoms with Crippen LogP contribution in [0.4, 0.5) is 4.79 Å². The molecule has 1 aliphatic heterocycles. The number of carboxylic acids is 1. The Labute approximate surface area is 287 Å². The Kier molecular flexibility index (Phi) is 8.53. The highest BCUT2D eigenvalue weighted by atomic mass is 16.5. The Bertz CT molecular complexity index is 1410. The first-order chi connectivity index (χ1) is 22.2. The molecular formula is C39H61N3O6. The van der Waals surface area contributed by atoms with Crippen LogP contribution in [-0.2, 0) is 19.1 Å². The zero-order chi connectivity index (χ0) is 35.2. The predicted molar refractivity (Wildman–Crippen MR) is 184 cm³/mol. The van der Waals surface area contributed by atoms with E-state index >= 15 is 0 Å². The van der Waals surface area contributed by atoms with Crippen molar-refractivity contribution in [2.45, 2.75) is 144 Å². The number of hydrogen-bond acceptors (Lipinski definition) is 6. The van der Waals surface area contributed by atoms with Crippen molar-refractivity contribution in [1.82, 2.24) is 16.0 Å². The van der Waals surface area contributed by atoms with Crippen molar-refractivity contribution >= 4 is 23.8 Å². The molecule has 9 heteroatoms. The van der Waals surface area contributed by atoms with Gasteiger partial charge in [-0.25, -0.2) is 4.79 Å². The zero-order valence-electron chi connectivity index (χ0n) is 30.9. The summed E-state index contributed by atoms with van der Waals surface area (Å²) in [5, 5.41) is 19.3. The maximum absolute atomic E-state index is 13.8. The number of urea groups is 1. The molecule has 8 atom stereocenters. The molecule has 0 aromatic carbocycles. The molecule has 1 saturated heterocycles. The standard InChI is InChI=1S/C39H61N3O6/c1-22(2)30-25(43)18-39(42-33(47)41-23-20-40-21-23)17-16-37(8)24(31(30)39)10-11-27-36(7)14-13-28(48-29(44)19-34(3,4)32(45)46)35(5,6)26(36)12-15-38(27,37)9/h22-24,26-28,40H,10-21H2,1-9H3,(H,45,46)(H2,41,42,47)/t24-,26+,27-,28+,36+,37-,38-,39-/m1/s1. The number of Topliss-reactive ketones (excluding diaryl/α,β-unsaturated/α-hetero) is 1. The molecule has 0 radical (unpaired) electrons. The van der Waals surface area contributed by atoms with Crippen LogP contribution in [0.5, 0.6) is 0 Å².